The van der Waals surface area contributed by atoms with Gasteiger partial charge in [0.25, 0.3) is 0 Å². The maximum absolute atomic E-state index is 12.0. The summed E-state index contributed by atoms with van der Waals surface area (Å²) in [6.07, 6.45) is 3.59. The maximum atomic E-state index is 12.0. The number of para-hydroxylation sites is 1. The number of amides is 2. The molecule has 27 heavy (non-hydrogen) atoms. The number of rotatable bonds is 6. The second-order valence-corrected chi connectivity index (χ2v) is 6.13. The van der Waals surface area contributed by atoms with Crippen LogP contribution in [0.3, 0.4) is 0 Å². The highest BCUT2D eigenvalue weighted by Crippen LogP contribution is 2.13. The molecule has 3 aromatic rings. The number of hydrogen-bond acceptors (Lipinski definition) is 5. The van der Waals surface area contributed by atoms with Crippen molar-refractivity contribution in [1.29, 1.82) is 0 Å². The van der Waals surface area contributed by atoms with Crippen LogP contribution < -0.4 is 16.0 Å². The van der Waals surface area contributed by atoms with Crippen molar-refractivity contribution in [2.24, 2.45) is 0 Å². The molecule has 0 saturated heterocycles. The van der Waals surface area contributed by atoms with E-state index in [2.05, 4.69) is 30.9 Å². The third-order valence-electron chi connectivity index (χ3n) is 4.01. The van der Waals surface area contributed by atoms with Crippen LogP contribution in [-0.4, -0.2) is 38.6 Å². The molecule has 1 aromatic carbocycles. The van der Waals surface area contributed by atoms with Gasteiger partial charge in [0.1, 0.15) is 23.3 Å². The Kier molecular flexibility index (Phi) is 5.65. The highest BCUT2D eigenvalue weighted by atomic mass is 16.2. The van der Waals surface area contributed by atoms with Gasteiger partial charge in [-0.2, -0.15) is 0 Å². The summed E-state index contributed by atoms with van der Waals surface area (Å²) in [5.41, 5.74) is 1.82. The van der Waals surface area contributed by atoms with E-state index >= 15 is 0 Å². The van der Waals surface area contributed by atoms with E-state index in [-0.39, 0.29) is 6.03 Å². The number of urea groups is 1. The van der Waals surface area contributed by atoms with Crippen LogP contribution in [0.15, 0.2) is 42.7 Å². The molecule has 0 radical (unpaired) electrons. The van der Waals surface area contributed by atoms with E-state index < -0.39 is 0 Å². The Bertz CT molecular complexity index is 935. The lowest BCUT2D eigenvalue weighted by atomic mass is 10.2. The fourth-order valence-corrected chi connectivity index (χ4v) is 2.63. The minimum atomic E-state index is -0.236. The van der Waals surface area contributed by atoms with Crippen LogP contribution in [0.2, 0.25) is 0 Å². The third kappa shape index (κ3) is 4.81. The van der Waals surface area contributed by atoms with Gasteiger partial charge in [-0.05, 0) is 32.4 Å². The zero-order valence-corrected chi connectivity index (χ0v) is 15.7. The first-order chi connectivity index (χ1) is 13.0. The lowest BCUT2D eigenvalue weighted by Gasteiger charge is -2.12. The van der Waals surface area contributed by atoms with Crippen LogP contribution in [0.5, 0.6) is 0 Å². The average molecular weight is 365 g/mol. The van der Waals surface area contributed by atoms with Crippen molar-refractivity contribution < 1.29 is 4.79 Å². The summed E-state index contributed by atoms with van der Waals surface area (Å²) in [5, 5.41) is 8.87. The lowest BCUT2D eigenvalue weighted by molar-refractivity contribution is 0.252. The van der Waals surface area contributed by atoms with Crippen LogP contribution in [0.1, 0.15) is 17.2 Å². The Balaban J connectivity index is 1.52. The number of benzene rings is 1. The summed E-state index contributed by atoms with van der Waals surface area (Å²) in [7, 11) is 0. The third-order valence-corrected chi connectivity index (χ3v) is 4.01. The summed E-state index contributed by atoms with van der Waals surface area (Å²) >= 11 is 0. The minimum absolute atomic E-state index is 0.236. The van der Waals surface area contributed by atoms with E-state index in [1.807, 2.05) is 61.9 Å². The molecule has 0 unspecified atom stereocenters. The van der Waals surface area contributed by atoms with Crippen LogP contribution >= 0.6 is 0 Å². The van der Waals surface area contributed by atoms with E-state index in [0.717, 1.165) is 22.9 Å². The van der Waals surface area contributed by atoms with E-state index in [1.54, 1.807) is 6.20 Å². The quantitative estimate of drug-likeness (QED) is 0.584. The molecular weight excluding hydrogens is 342 g/mol. The first-order valence-corrected chi connectivity index (χ1v) is 8.73. The Labute approximate surface area is 158 Å². The van der Waals surface area contributed by atoms with Crippen LogP contribution in [0.25, 0.3) is 5.82 Å². The predicted molar refractivity (Wildman–Crippen MR) is 105 cm³/mol. The zero-order valence-electron chi connectivity index (χ0n) is 15.7. The molecule has 0 fully saturated rings. The molecule has 2 aromatic heterocycles. The number of carbonyl (C=O) groups excluding carboxylic acids is 1. The number of imidazole rings is 1. The Morgan fingerprint density at radius 1 is 1.11 bits per heavy atom. The first-order valence-electron chi connectivity index (χ1n) is 8.73. The summed E-state index contributed by atoms with van der Waals surface area (Å²) in [6, 6.07) is 9.27. The van der Waals surface area contributed by atoms with Crippen LogP contribution in [0, 0.1) is 20.8 Å². The van der Waals surface area contributed by atoms with Crippen LogP contribution in [0.4, 0.5) is 16.3 Å². The average Bonchev–Trinajstić information content (AvgIpc) is 3.06. The number of carbonyl (C=O) groups is 1. The Morgan fingerprint density at radius 3 is 2.67 bits per heavy atom. The van der Waals surface area contributed by atoms with E-state index in [9.17, 15) is 4.79 Å². The number of nitrogens with one attached hydrogen (secondary N) is 3. The fourth-order valence-electron chi connectivity index (χ4n) is 2.63. The van der Waals surface area contributed by atoms with Crippen molar-refractivity contribution in [1.82, 2.24) is 24.8 Å². The van der Waals surface area contributed by atoms with E-state index in [1.165, 1.54) is 0 Å². The van der Waals surface area contributed by atoms with Gasteiger partial charge in [-0.25, -0.2) is 19.7 Å². The van der Waals surface area contributed by atoms with Crippen molar-refractivity contribution in [3.05, 3.63) is 59.9 Å². The highest BCUT2D eigenvalue weighted by molar-refractivity contribution is 5.90. The standard InChI is InChI=1S/C19H23N7O/c1-13-6-4-5-7-16(13)25-19(27)22-9-8-21-17-12-18(24-14(2)23-17)26-11-10-20-15(26)3/h4-7,10-12H,8-9H2,1-3H3,(H,21,23,24)(H2,22,25,27). The fraction of sp³-hybridized carbons (Fsp3) is 0.263. The number of aromatic nitrogens is 4. The van der Waals surface area contributed by atoms with Gasteiger partial charge >= 0.3 is 6.03 Å². The summed E-state index contributed by atoms with van der Waals surface area (Å²) in [6.45, 7) is 6.71. The molecule has 0 atom stereocenters. The number of nitrogens with zero attached hydrogens (tertiary/aromatic N) is 4. The van der Waals surface area contributed by atoms with E-state index in [0.29, 0.717) is 24.7 Å². The second-order valence-electron chi connectivity index (χ2n) is 6.13. The van der Waals surface area contributed by atoms with Crippen LogP contribution in [-0.2, 0) is 0 Å². The Morgan fingerprint density at radius 2 is 1.93 bits per heavy atom. The Hall–Kier alpha value is -3.42. The second kappa shape index (κ2) is 8.31. The molecule has 0 aliphatic heterocycles. The molecule has 0 aliphatic carbocycles. The van der Waals surface area contributed by atoms with Crippen molar-refractivity contribution >= 4 is 17.5 Å². The molecule has 0 bridgehead atoms. The van der Waals surface area contributed by atoms with Crippen molar-refractivity contribution in [3.63, 3.8) is 0 Å². The minimum Gasteiger partial charge on any atom is -0.368 e. The van der Waals surface area contributed by atoms with Gasteiger partial charge in [-0.15, -0.1) is 0 Å². The SMILES string of the molecule is Cc1nc(NCCNC(=O)Nc2ccccc2C)cc(-n2ccnc2C)n1. The molecule has 140 valence electrons. The predicted octanol–water partition coefficient (Wildman–Crippen LogP) is 2.82. The largest absolute Gasteiger partial charge is 0.368 e. The molecule has 3 rings (SSSR count). The number of anilines is 2. The number of aryl methyl sites for hydroxylation is 3. The molecule has 2 amide bonds. The van der Waals surface area contributed by atoms with Gasteiger partial charge in [0.2, 0.25) is 0 Å². The van der Waals surface area contributed by atoms with Gasteiger partial charge in [0.05, 0.1) is 0 Å². The zero-order chi connectivity index (χ0) is 19.2. The molecule has 8 heteroatoms. The van der Waals surface area contributed by atoms with Gasteiger partial charge in [-0.3, -0.25) is 4.57 Å². The topological polar surface area (TPSA) is 96.8 Å². The molecule has 2 heterocycles. The van der Waals surface area contributed by atoms with Crippen molar-refractivity contribution in [3.8, 4) is 5.82 Å². The summed E-state index contributed by atoms with van der Waals surface area (Å²) in [4.78, 5) is 25.0. The number of hydrogen-bond donors (Lipinski definition) is 3. The molecule has 0 saturated carbocycles. The summed E-state index contributed by atoms with van der Waals surface area (Å²) < 4.78 is 1.90. The smallest absolute Gasteiger partial charge is 0.319 e. The van der Waals surface area contributed by atoms with Gasteiger partial charge in [0.15, 0.2) is 0 Å². The molecule has 0 aliphatic rings. The molecular formula is C19H23N7O. The molecule has 8 nitrogen and oxygen atoms in total. The van der Waals surface area contributed by atoms with Gasteiger partial charge in [-0.1, -0.05) is 18.2 Å². The van der Waals surface area contributed by atoms with Gasteiger partial charge in [0, 0.05) is 37.2 Å². The van der Waals surface area contributed by atoms with E-state index in [4.69, 9.17) is 0 Å². The van der Waals surface area contributed by atoms with Crippen molar-refractivity contribution in [2.75, 3.05) is 23.7 Å². The first kappa shape index (κ1) is 18.4. The normalized spacial score (nSPS) is 10.5. The van der Waals surface area contributed by atoms with Crippen molar-refractivity contribution in [2.45, 2.75) is 20.8 Å². The molecule has 3 N–H and O–H groups in total. The lowest BCUT2D eigenvalue weighted by Crippen LogP contribution is -2.33. The molecule has 0 spiro atoms. The highest BCUT2D eigenvalue weighted by Gasteiger charge is 2.07. The van der Waals surface area contributed by atoms with Gasteiger partial charge < -0.3 is 16.0 Å². The monoisotopic (exact) mass is 365 g/mol. The summed E-state index contributed by atoms with van der Waals surface area (Å²) in [5.74, 6) is 2.97. The maximum Gasteiger partial charge on any atom is 0.319 e.